The maximum atomic E-state index is 11.7. The first kappa shape index (κ1) is 11.9. The van der Waals surface area contributed by atoms with E-state index in [1.54, 1.807) is 10.8 Å². The number of benzene rings is 1. The molecule has 2 N–H and O–H groups in total. The Balaban J connectivity index is 2.63. The summed E-state index contributed by atoms with van der Waals surface area (Å²) in [6.45, 7) is 5.47. The highest BCUT2D eigenvalue weighted by Crippen LogP contribution is 2.18. The minimum absolute atomic E-state index is 0.264. The molecule has 17 heavy (non-hydrogen) atoms. The molecule has 2 aromatic rings. The van der Waals surface area contributed by atoms with Gasteiger partial charge in [0.15, 0.2) is 0 Å². The standard InChI is InChI=1S/C13H18N2O2/c1-9(2)8-15-12-10(6-7-14)4-3-5-11(12)13(16)17-15/h3-5,9H,6-8,14H2,1-2H3. The van der Waals surface area contributed by atoms with Crippen LogP contribution in [0, 0.1) is 5.92 Å². The van der Waals surface area contributed by atoms with Crippen LogP contribution in [0.5, 0.6) is 0 Å². The molecule has 0 amide bonds. The van der Waals surface area contributed by atoms with E-state index in [-0.39, 0.29) is 5.63 Å². The Morgan fingerprint density at radius 2 is 2.18 bits per heavy atom. The van der Waals surface area contributed by atoms with Gasteiger partial charge in [-0.05, 0) is 30.5 Å². The molecule has 0 aliphatic carbocycles. The van der Waals surface area contributed by atoms with Gasteiger partial charge in [0.2, 0.25) is 0 Å². The van der Waals surface area contributed by atoms with Crippen LogP contribution in [0.25, 0.3) is 10.9 Å². The van der Waals surface area contributed by atoms with Crippen molar-refractivity contribution in [2.24, 2.45) is 11.7 Å². The Morgan fingerprint density at radius 1 is 1.41 bits per heavy atom. The highest BCUT2D eigenvalue weighted by atomic mass is 16.5. The SMILES string of the molecule is CC(C)Cn1oc(=O)c2cccc(CCN)c21. The summed E-state index contributed by atoms with van der Waals surface area (Å²) < 4.78 is 6.98. The zero-order valence-corrected chi connectivity index (χ0v) is 10.3. The van der Waals surface area contributed by atoms with Crippen molar-refractivity contribution in [3.63, 3.8) is 0 Å². The van der Waals surface area contributed by atoms with Crippen LogP contribution in [-0.4, -0.2) is 11.3 Å². The summed E-state index contributed by atoms with van der Waals surface area (Å²) in [7, 11) is 0. The lowest BCUT2D eigenvalue weighted by molar-refractivity contribution is 0.238. The molecule has 92 valence electrons. The van der Waals surface area contributed by atoms with Gasteiger partial charge < -0.3 is 10.3 Å². The number of aromatic nitrogens is 1. The molecule has 0 radical (unpaired) electrons. The van der Waals surface area contributed by atoms with Crippen LogP contribution in [0.2, 0.25) is 0 Å². The van der Waals surface area contributed by atoms with Gasteiger partial charge in [-0.2, -0.15) is 0 Å². The Hall–Kier alpha value is -1.55. The first-order valence-corrected chi connectivity index (χ1v) is 5.95. The number of rotatable bonds is 4. The van der Waals surface area contributed by atoms with E-state index < -0.39 is 0 Å². The summed E-state index contributed by atoms with van der Waals surface area (Å²) in [5.74, 6) is 0.430. The van der Waals surface area contributed by atoms with E-state index in [4.69, 9.17) is 10.3 Å². The Morgan fingerprint density at radius 3 is 2.82 bits per heavy atom. The Bertz CT molecular complexity index is 566. The summed E-state index contributed by atoms with van der Waals surface area (Å²) in [6, 6.07) is 5.68. The molecular formula is C13H18N2O2. The zero-order valence-electron chi connectivity index (χ0n) is 10.3. The maximum Gasteiger partial charge on any atom is 0.365 e. The van der Waals surface area contributed by atoms with E-state index in [0.29, 0.717) is 24.4 Å². The molecule has 0 aliphatic heterocycles. The van der Waals surface area contributed by atoms with Crippen LogP contribution in [0.1, 0.15) is 19.4 Å². The molecule has 0 aliphatic rings. The first-order chi connectivity index (χ1) is 8.13. The number of para-hydroxylation sites is 1. The molecule has 0 fully saturated rings. The predicted octanol–water partition coefficient (Wildman–Crippen LogP) is 1.75. The van der Waals surface area contributed by atoms with Crippen LogP contribution in [-0.2, 0) is 13.0 Å². The van der Waals surface area contributed by atoms with E-state index in [1.807, 2.05) is 12.1 Å². The lowest BCUT2D eigenvalue weighted by Gasteiger charge is -2.08. The van der Waals surface area contributed by atoms with E-state index in [9.17, 15) is 4.79 Å². The van der Waals surface area contributed by atoms with Crippen molar-refractivity contribution in [1.29, 1.82) is 0 Å². The van der Waals surface area contributed by atoms with Crippen molar-refractivity contribution in [3.05, 3.63) is 34.2 Å². The Kier molecular flexibility index (Phi) is 3.33. The molecule has 4 heteroatoms. The normalized spacial score (nSPS) is 11.5. The van der Waals surface area contributed by atoms with Crippen molar-refractivity contribution in [3.8, 4) is 0 Å². The van der Waals surface area contributed by atoms with Crippen molar-refractivity contribution in [2.75, 3.05) is 6.54 Å². The third-order valence-electron chi connectivity index (χ3n) is 2.73. The smallest absolute Gasteiger partial charge is 0.335 e. The highest BCUT2D eigenvalue weighted by molar-refractivity contribution is 5.81. The molecule has 4 nitrogen and oxygen atoms in total. The fraction of sp³-hybridized carbons (Fsp3) is 0.462. The third kappa shape index (κ3) is 2.26. The molecule has 2 rings (SSSR count). The molecule has 0 saturated carbocycles. The van der Waals surface area contributed by atoms with Crippen LogP contribution >= 0.6 is 0 Å². The van der Waals surface area contributed by atoms with Gasteiger partial charge in [0.25, 0.3) is 0 Å². The predicted molar refractivity (Wildman–Crippen MR) is 68.1 cm³/mol. The van der Waals surface area contributed by atoms with Crippen LogP contribution in [0.4, 0.5) is 0 Å². The highest BCUT2D eigenvalue weighted by Gasteiger charge is 2.13. The molecule has 1 heterocycles. The average molecular weight is 234 g/mol. The van der Waals surface area contributed by atoms with Gasteiger partial charge in [-0.1, -0.05) is 26.0 Å². The molecule has 0 bridgehead atoms. The summed E-state index contributed by atoms with van der Waals surface area (Å²) >= 11 is 0. The van der Waals surface area contributed by atoms with Gasteiger partial charge in [-0.25, -0.2) is 9.53 Å². The molecule has 0 spiro atoms. The van der Waals surface area contributed by atoms with Crippen molar-refractivity contribution in [1.82, 2.24) is 4.74 Å². The molecular weight excluding hydrogens is 216 g/mol. The van der Waals surface area contributed by atoms with Crippen molar-refractivity contribution >= 4 is 10.9 Å². The first-order valence-electron chi connectivity index (χ1n) is 5.95. The van der Waals surface area contributed by atoms with Gasteiger partial charge in [0.05, 0.1) is 17.4 Å². The second kappa shape index (κ2) is 4.75. The van der Waals surface area contributed by atoms with Crippen LogP contribution < -0.4 is 11.4 Å². The number of hydrogen-bond donors (Lipinski definition) is 1. The molecule has 0 saturated heterocycles. The van der Waals surface area contributed by atoms with Crippen LogP contribution in [0.15, 0.2) is 27.5 Å². The fourth-order valence-electron chi connectivity index (χ4n) is 2.06. The zero-order chi connectivity index (χ0) is 12.4. The average Bonchev–Trinajstić information content (AvgIpc) is 2.57. The summed E-state index contributed by atoms with van der Waals surface area (Å²) in [6.07, 6.45) is 0.758. The fourth-order valence-corrected chi connectivity index (χ4v) is 2.06. The van der Waals surface area contributed by atoms with Crippen LogP contribution in [0.3, 0.4) is 0 Å². The topological polar surface area (TPSA) is 61.2 Å². The number of nitrogens with zero attached hydrogens (tertiary/aromatic N) is 1. The van der Waals surface area contributed by atoms with E-state index >= 15 is 0 Å². The largest absolute Gasteiger partial charge is 0.365 e. The van der Waals surface area contributed by atoms with Gasteiger partial charge in [0, 0.05) is 0 Å². The number of hydrogen-bond acceptors (Lipinski definition) is 3. The Labute approximate surface area is 100.0 Å². The number of nitrogens with two attached hydrogens (primary N) is 1. The summed E-state index contributed by atoms with van der Waals surface area (Å²) in [5, 5.41) is 0.650. The van der Waals surface area contributed by atoms with E-state index in [1.165, 1.54) is 0 Å². The van der Waals surface area contributed by atoms with E-state index in [0.717, 1.165) is 17.5 Å². The van der Waals surface area contributed by atoms with Gasteiger partial charge in [-0.15, -0.1) is 0 Å². The maximum absolute atomic E-state index is 11.7. The number of fused-ring (bicyclic) bond motifs is 1. The summed E-state index contributed by atoms with van der Waals surface area (Å²) in [4.78, 5) is 11.7. The molecule has 0 atom stereocenters. The third-order valence-corrected chi connectivity index (χ3v) is 2.73. The molecule has 1 aromatic carbocycles. The van der Waals surface area contributed by atoms with Gasteiger partial charge in [-0.3, -0.25) is 0 Å². The molecule has 1 aromatic heterocycles. The van der Waals surface area contributed by atoms with Crippen molar-refractivity contribution < 1.29 is 4.52 Å². The lowest BCUT2D eigenvalue weighted by atomic mass is 10.1. The second-order valence-electron chi connectivity index (χ2n) is 4.69. The summed E-state index contributed by atoms with van der Waals surface area (Å²) in [5.41, 5.74) is 7.31. The van der Waals surface area contributed by atoms with Gasteiger partial charge in [0.1, 0.15) is 0 Å². The minimum Gasteiger partial charge on any atom is -0.335 e. The lowest BCUT2D eigenvalue weighted by Crippen LogP contribution is -2.07. The monoisotopic (exact) mass is 234 g/mol. The molecule has 0 unspecified atom stereocenters. The van der Waals surface area contributed by atoms with Gasteiger partial charge >= 0.3 is 5.63 Å². The second-order valence-corrected chi connectivity index (χ2v) is 4.69. The van der Waals surface area contributed by atoms with E-state index in [2.05, 4.69) is 13.8 Å². The van der Waals surface area contributed by atoms with Crippen molar-refractivity contribution in [2.45, 2.75) is 26.8 Å². The quantitative estimate of drug-likeness (QED) is 0.876. The minimum atomic E-state index is -0.264.